The lowest BCUT2D eigenvalue weighted by atomic mass is 9.91. The van der Waals surface area contributed by atoms with Crippen LogP contribution in [0, 0.1) is 6.92 Å². The predicted octanol–water partition coefficient (Wildman–Crippen LogP) is 4.47. The van der Waals surface area contributed by atoms with Gasteiger partial charge in [0.05, 0.1) is 4.88 Å². The van der Waals surface area contributed by atoms with Gasteiger partial charge in [0.25, 0.3) is 5.91 Å². The SMILES string of the molecule is Cc1cccc(NC(=O)c2cc3c(s2)-c2ccccc2CC3)n1. The second-order valence-electron chi connectivity index (χ2n) is 5.74. The molecule has 1 N–H and O–H groups in total. The maximum atomic E-state index is 12.5. The summed E-state index contributed by atoms with van der Waals surface area (Å²) < 4.78 is 0. The normalized spacial score (nSPS) is 12.4. The zero-order chi connectivity index (χ0) is 15.8. The van der Waals surface area contributed by atoms with Gasteiger partial charge in [0.15, 0.2) is 0 Å². The van der Waals surface area contributed by atoms with Crippen LogP contribution in [0.1, 0.15) is 26.5 Å². The first kappa shape index (κ1) is 14.2. The number of aromatic nitrogens is 1. The van der Waals surface area contributed by atoms with Crippen molar-refractivity contribution in [1.29, 1.82) is 0 Å². The molecule has 0 unspecified atom stereocenters. The zero-order valence-corrected chi connectivity index (χ0v) is 13.6. The summed E-state index contributed by atoms with van der Waals surface area (Å²) in [6, 6.07) is 16.1. The van der Waals surface area contributed by atoms with Crippen molar-refractivity contribution in [2.45, 2.75) is 19.8 Å². The minimum absolute atomic E-state index is 0.0834. The molecule has 3 nitrogen and oxygen atoms in total. The highest BCUT2D eigenvalue weighted by Gasteiger charge is 2.21. The highest BCUT2D eigenvalue weighted by molar-refractivity contribution is 7.17. The lowest BCUT2D eigenvalue weighted by molar-refractivity contribution is 0.103. The summed E-state index contributed by atoms with van der Waals surface area (Å²) >= 11 is 1.57. The van der Waals surface area contributed by atoms with Gasteiger partial charge in [-0.3, -0.25) is 4.79 Å². The number of aryl methyl sites for hydroxylation is 3. The average molecular weight is 320 g/mol. The summed E-state index contributed by atoms with van der Waals surface area (Å²) in [5, 5.41) is 2.89. The highest BCUT2D eigenvalue weighted by atomic mass is 32.1. The molecule has 0 spiro atoms. The Kier molecular flexibility index (Phi) is 3.46. The highest BCUT2D eigenvalue weighted by Crippen LogP contribution is 2.39. The van der Waals surface area contributed by atoms with Crippen LogP contribution in [-0.4, -0.2) is 10.9 Å². The Bertz CT molecular complexity index is 898. The van der Waals surface area contributed by atoms with Crippen molar-refractivity contribution in [2.75, 3.05) is 5.32 Å². The fraction of sp³-hybridized carbons (Fsp3) is 0.158. The van der Waals surface area contributed by atoms with E-state index in [4.69, 9.17) is 0 Å². The Balaban J connectivity index is 1.65. The van der Waals surface area contributed by atoms with Crippen LogP contribution in [0.15, 0.2) is 48.5 Å². The van der Waals surface area contributed by atoms with Crippen molar-refractivity contribution in [3.63, 3.8) is 0 Å². The Morgan fingerprint density at radius 2 is 1.91 bits per heavy atom. The number of nitrogens with one attached hydrogen (secondary N) is 1. The fourth-order valence-corrected chi connectivity index (χ4v) is 4.14. The maximum absolute atomic E-state index is 12.5. The van der Waals surface area contributed by atoms with Gasteiger partial charge in [-0.25, -0.2) is 4.98 Å². The van der Waals surface area contributed by atoms with Gasteiger partial charge >= 0.3 is 0 Å². The van der Waals surface area contributed by atoms with Crippen molar-refractivity contribution >= 4 is 23.1 Å². The topological polar surface area (TPSA) is 42.0 Å². The summed E-state index contributed by atoms with van der Waals surface area (Å²) in [6.07, 6.45) is 2.04. The Morgan fingerprint density at radius 1 is 1.09 bits per heavy atom. The number of carbonyl (C=O) groups is 1. The summed E-state index contributed by atoms with van der Waals surface area (Å²) in [6.45, 7) is 1.91. The second kappa shape index (κ2) is 5.63. The standard InChI is InChI=1S/C19H16N2OS/c1-12-5-4-8-17(20-12)21-19(22)16-11-14-10-9-13-6-2-3-7-15(13)18(14)23-16/h2-8,11H,9-10H2,1H3,(H,20,21,22). The molecular formula is C19H16N2OS. The molecule has 2 aromatic heterocycles. The Hall–Kier alpha value is -2.46. The van der Waals surface area contributed by atoms with Crippen molar-refractivity contribution in [3.8, 4) is 10.4 Å². The van der Waals surface area contributed by atoms with Gasteiger partial charge in [-0.2, -0.15) is 0 Å². The van der Waals surface area contributed by atoms with Crippen molar-refractivity contribution < 1.29 is 4.79 Å². The monoisotopic (exact) mass is 320 g/mol. The molecule has 0 fully saturated rings. The van der Waals surface area contributed by atoms with Gasteiger partial charge in [0, 0.05) is 10.6 Å². The summed E-state index contributed by atoms with van der Waals surface area (Å²) in [5.41, 5.74) is 4.80. The molecular weight excluding hydrogens is 304 g/mol. The van der Waals surface area contributed by atoms with E-state index in [0.717, 1.165) is 23.4 Å². The molecule has 0 atom stereocenters. The number of hydrogen-bond donors (Lipinski definition) is 1. The third-order valence-corrected chi connectivity index (χ3v) is 5.30. The first-order chi connectivity index (χ1) is 11.2. The van der Waals surface area contributed by atoms with E-state index in [1.54, 1.807) is 11.3 Å². The number of rotatable bonds is 2. The predicted molar refractivity (Wildman–Crippen MR) is 94.1 cm³/mol. The largest absolute Gasteiger partial charge is 0.306 e. The van der Waals surface area contributed by atoms with E-state index in [1.807, 2.05) is 31.2 Å². The molecule has 3 aromatic rings. The van der Waals surface area contributed by atoms with Crippen LogP contribution in [-0.2, 0) is 12.8 Å². The van der Waals surface area contributed by atoms with Gasteiger partial charge in [-0.1, -0.05) is 30.3 Å². The van der Waals surface area contributed by atoms with Crippen LogP contribution in [0.2, 0.25) is 0 Å². The molecule has 0 bridgehead atoms. The second-order valence-corrected chi connectivity index (χ2v) is 6.79. The quantitative estimate of drug-likeness (QED) is 0.757. The number of fused-ring (bicyclic) bond motifs is 3. The number of nitrogens with zero attached hydrogens (tertiary/aromatic N) is 1. The molecule has 4 rings (SSSR count). The first-order valence-corrected chi connectivity index (χ1v) is 8.48. The van der Waals surface area contributed by atoms with Crippen LogP contribution in [0.5, 0.6) is 0 Å². The molecule has 1 aliphatic carbocycles. The van der Waals surface area contributed by atoms with E-state index in [2.05, 4.69) is 34.6 Å². The lowest BCUT2D eigenvalue weighted by Gasteiger charge is -2.15. The fourth-order valence-electron chi connectivity index (χ4n) is 2.97. The minimum atomic E-state index is -0.0834. The van der Waals surface area contributed by atoms with Crippen LogP contribution in [0.3, 0.4) is 0 Å². The van der Waals surface area contributed by atoms with Crippen molar-refractivity contribution in [3.05, 3.63) is 70.2 Å². The van der Waals surface area contributed by atoms with E-state index in [9.17, 15) is 4.79 Å². The molecule has 1 aliphatic rings. The molecule has 4 heteroatoms. The van der Waals surface area contributed by atoms with Gasteiger partial charge in [0.1, 0.15) is 5.82 Å². The molecule has 23 heavy (non-hydrogen) atoms. The third-order valence-electron chi connectivity index (χ3n) is 4.09. The summed E-state index contributed by atoms with van der Waals surface area (Å²) in [4.78, 5) is 18.8. The summed E-state index contributed by atoms with van der Waals surface area (Å²) in [5.74, 6) is 0.516. The van der Waals surface area contributed by atoms with Gasteiger partial charge < -0.3 is 5.32 Å². The average Bonchev–Trinajstić information content (AvgIpc) is 3.00. The van der Waals surface area contributed by atoms with E-state index in [1.165, 1.54) is 21.6 Å². The van der Waals surface area contributed by atoms with Crippen LogP contribution in [0.4, 0.5) is 5.82 Å². The number of amides is 1. The number of carbonyl (C=O) groups excluding carboxylic acids is 1. The molecule has 0 saturated heterocycles. The van der Waals surface area contributed by atoms with Gasteiger partial charge in [-0.15, -0.1) is 11.3 Å². The Morgan fingerprint density at radius 3 is 2.78 bits per heavy atom. The van der Waals surface area contributed by atoms with Crippen LogP contribution >= 0.6 is 11.3 Å². The first-order valence-electron chi connectivity index (χ1n) is 7.67. The van der Waals surface area contributed by atoms with Crippen molar-refractivity contribution in [1.82, 2.24) is 4.98 Å². The van der Waals surface area contributed by atoms with Crippen LogP contribution in [0.25, 0.3) is 10.4 Å². The molecule has 1 amide bonds. The summed E-state index contributed by atoms with van der Waals surface area (Å²) in [7, 11) is 0. The number of benzene rings is 1. The number of anilines is 1. The van der Waals surface area contributed by atoms with Crippen LogP contribution < -0.4 is 5.32 Å². The molecule has 0 saturated carbocycles. The minimum Gasteiger partial charge on any atom is -0.306 e. The van der Waals surface area contributed by atoms with E-state index in [-0.39, 0.29) is 5.91 Å². The lowest BCUT2D eigenvalue weighted by Crippen LogP contribution is -2.11. The molecule has 1 aromatic carbocycles. The molecule has 114 valence electrons. The van der Waals surface area contributed by atoms with Gasteiger partial charge in [-0.05, 0) is 54.7 Å². The van der Waals surface area contributed by atoms with Gasteiger partial charge in [0.2, 0.25) is 0 Å². The molecule has 0 radical (unpaired) electrons. The van der Waals surface area contributed by atoms with E-state index >= 15 is 0 Å². The van der Waals surface area contributed by atoms with E-state index in [0.29, 0.717) is 5.82 Å². The van der Waals surface area contributed by atoms with Crippen molar-refractivity contribution in [2.24, 2.45) is 0 Å². The zero-order valence-electron chi connectivity index (χ0n) is 12.8. The molecule has 0 aliphatic heterocycles. The third kappa shape index (κ3) is 2.66. The number of pyridine rings is 1. The molecule has 2 heterocycles. The maximum Gasteiger partial charge on any atom is 0.266 e. The number of hydrogen-bond acceptors (Lipinski definition) is 3. The number of thiophene rings is 1. The smallest absolute Gasteiger partial charge is 0.266 e. The van der Waals surface area contributed by atoms with E-state index < -0.39 is 0 Å². The Labute approximate surface area is 139 Å².